The largest absolute Gasteiger partial charge is 0.474 e. The van der Waals surface area contributed by atoms with Gasteiger partial charge in [-0.15, -0.1) is 0 Å². The third-order valence-corrected chi connectivity index (χ3v) is 2.72. The van der Waals surface area contributed by atoms with E-state index in [1.807, 2.05) is 0 Å². The number of nitrogen functional groups attached to an aromatic ring is 1. The molecule has 0 radical (unpaired) electrons. The van der Waals surface area contributed by atoms with Crippen LogP contribution in [0.25, 0.3) is 0 Å². The van der Waals surface area contributed by atoms with Crippen LogP contribution in [0.5, 0.6) is 5.88 Å². The quantitative estimate of drug-likeness (QED) is 0.342. The monoisotopic (exact) mass is 293 g/mol. The Morgan fingerprint density at radius 2 is 2.29 bits per heavy atom. The molecule has 9 nitrogen and oxygen atoms in total. The van der Waals surface area contributed by atoms with Gasteiger partial charge < -0.3 is 15.8 Å². The highest BCUT2D eigenvalue weighted by Crippen LogP contribution is 2.24. The van der Waals surface area contributed by atoms with E-state index in [4.69, 9.17) is 10.5 Å². The van der Waals surface area contributed by atoms with Crippen LogP contribution in [0.3, 0.4) is 0 Å². The second-order valence-corrected chi connectivity index (χ2v) is 4.31. The van der Waals surface area contributed by atoms with Gasteiger partial charge in [-0.1, -0.05) is 5.16 Å². The molecule has 9 heteroatoms. The van der Waals surface area contributed by atoms with Crippen molar-refractivity contribution in [2.24, 2.45) is 0 Å². The first-order valence-corrected chi connectivity index (χ1v) is 6.27. The van der Waals surface area contributed by atoms with E-state index in [9.17, 15) is 10.1 Å². The number of nitrogens with two attached hydrogens (primary N) is 1. The Morgan fingerprint density at radius 1 is 1.48 bits per heavy atom. The molecule has 0 saturated carbocycles. The Labute approximate surface area is 120 Å². The van der Waals surface area contributed by atoms with Gasteiger partial charge in [0.05, 0.1) is 11.5 Å². The highest BCUT2D eigenvalue weighted by molar-refractivity contribution is 5.65. The number of nitro groups is 1. The molecule has 21 heavy (non-hydrogen) atoms. The number of nitrogens with zero attached hydrogens (tertiary/aromatic N) is 3. The van der Waals surface area contributed by atoms with Crippen molar-refractivity contribution in [2.75, 3.05) is 24.2 Å². The van der Waals surface area contributed by atoms with E-state index in [1.54, 1.807) is 13.0 Å². The van der Waals surface area contributed by atoms with E-state index in [0.717, 1.165) is 5.69 Å². The molecule has 0 amide bonds. The lowest BCUT2D eigenvalue weighted by Crippen LogP contribution is -2.08. The maximum atomic E-state index is 10.6. The van der Waals surface area contributed by atoms with Crippen molar-refractivity contribution in [1.29, 1.82) is 0 Å². The van der Waals surface area contributed by atoms with Crippen LogP contribution in [-0.2, 0) is 0 Å². The van der Waals surface area contributed by atoms with Crippen molar-refractivity contribution >= 4 is 17.1 Å². The summed E-state index contributed by atoms with van der Waals surface area (Å²) in [5.41, 5.74) is 6.96. The van der Waals surface area contributed by atoms with E-state index in [2.05, 4.69) is 20.3 Å². The molecule has 0 atom stereocenters. The topological polar surface area (TPSA) is 129 Å². The number of hydrogen-bond acceptors (Lipinski definition) is 8. The number of nitro benzene ring substituents is 1. The van der Waals surface area contributed by atoms with Crippen molar-refractivity contribution in [3.8, 4) is 5.88 Å². The van der Waals surface area contributed by atoms with Crippen LogP contribution in [0.1, 0.15) is 12.1 Å². The van der Waals surface area contributed by atoms with Crippen molar-refractivity contribution in [3.05, 3.63) is 34.0 Å². The van der Waals surface area contributed by atoms with Gasteiger partial charge in [-0.25, -0.2) is 4.63 Å². The van der Waals surface area contributed by atoms with Crippen molar-refractivity contribution < 1.29 is 14.3 Å². The first-order valence-electron chi connectivity index (χ1n) is 6.27. The Bertz CT molecular complexity index is 628. The highest BCUT2D eigenvalue weighted by Gasteiger charge is 2.10. The third kappa shape index (κ3) is 3.81. The molecule has 0 saturated heterocycles. The number of hydrogen-bond donors (Lipinski definition) is 2. The number of rotatable bonds is 7. The molecule has 2 rings (SSSR count). The minimum atomic E-state index is -0.513. The zero-order valence-corrected chi connectivity index (χ0v) is 11.4. The van der Waals surface area contributed by atoms with E-state index in [1.165, 1.54) is 12.1 Å². The van der Waals surface area contributed by atoms with E-state index in [0.29, 0.717) is 31.1 Å². The maximum absolute atomic E-state index is 10.6. The lowest BCUT2D eigenvalue weighted by atomic mass is 10.2. The first kappa shape index (κ1) is 14.6. The van der Waals surface area contributed by atoms with Gasteiger partial charge in [0.15, 0.2) is 0 Å². The van der Waals surface area contributed by atoms with Gasteiger partial charge in [0, 0.05) is 18.3 Å². The summed E-state index contributed by atoms with van der Waals surface area (Å²) < 4.78 is 9.87. The predicted octanol–water partition coefficient (Wildman–Crippen LogP) is 1.75. The molecule has 3 N–H and O–H groups in total. The predicted molar refractivity (Wildman–Crippen MR) is 75.1 cm³/mol. The smallest absolute Gasteiger partial charge is 0.292 e. The van der Waals surface area contributed by atoms with Crippen LogP contribution in [0.15, 0.2) is 22.8 Å². The maximum Gasteiger partial charge on any atom is 0.292 e. The Morgan fingerprint density at radius 3 is 2.90 bits per heavy atom. The molecule has 0 spiro atoms. The van der Waals surface area contributed by atoms with Gasteiger partial charge in [-0.05, 0) is 30.6 Å². The molecule has 112 valence electrons. The number of anilines is 2. The van der Waals surface area contributed by atoms with Gasteiger partial charge in [0.25, 0.3) is 11.6 Å². The summed E-state index contributed by atoms with van der Waals surface area (Å²) in [7, 11) is 0. The lowest BCUT2D eigenvalue weighted by Gasteiger charge is -2.07. The zero-order chi connectivity index (χ0) is 15.2. The average Bonchev–Trinajstić information content (AvgIpc) is 2.83. The van der Waals surface area contributed by atoms with Gasteiger partial charge in [0.1, 0.15) is 11.4 Å². The molecule has 1 aromatic heterocycles. The zero-order valence-electron chi connectivity index (χ0n) is 11.4. The van der Waals surface area contributed by atoms with Crippen LogP contribution < -0.4 is 15.8 Å². The summed E-state index contributed by atoms with van der Waals surface area (Å²) in [4.78, 5) is 10.1. The van der Waals surface area contributed by atoms with E-state index >= 15 is 0 Å². The van der Waals surface area contributed by atoms with E-state index in [-0.39, 0.29) is 11.4 Å². The number of ether oxygens (including phenoxy) is 1. The van der Waals surface area contributed by atoms with Crippen LogP contribution in [-0.4, -0.2) is 28.4 Å². The molecule has 0 bridgehead atoms. The first-order chi connectivity index (χ1) is 10.1. The Kier molecular flexibility index (Phi) is 4.54. The van der Waals surface area contributed by atoms with Gasteiger partial charge in [0.2, 0.25) is 0 Å². The summed E-state index contributed by atoms with van der Waals surface area (Å²) in [5, 5.41) is 20.9. The summed E-state index contributed by atoms with van der Waals surface area (Å²) in [6.45, 7) is 2.82. The standard InChI is InChI=1S/C12H15N5O4/c1-8-12(16-21-15-8)20-6-2-5-14-9-3-4-11(17(18)19)10(13)7-9/h3-4,7,14H,2,5-6,13H2,1H3. The van der Waals surface area contributed by atoms with Crippen molar-refractivity contribution in [2.45, 2.75) is 13.3 Å². The van der Waals surface area contributed by atoms with Crippen molar-refractivity contribution in [3.63, 3.8) is 0 Å². The SMILES string of the molecule is Cc1nonc1OCCCNc1ccc([N+](=O)[O-])c(N)c1. The molecule has 0 fully saturated rings. The number of nitrogens with one attached hydrogen (secondary N) is 1. The Balaban J connectivity index is 1.75. The fourth-order valence-corrected chi connectivity index (χ4v) is 1.66. The third-order valence-electron chi connectivity index (χ3n) is 2.72. The van der Waals surface area contributed by atoms with Crippen LogP contribution in [0.2, 0.25) is 0 Å². The van der Waals surface area contributed by atoms with Gasteiger partial charge in [-0.3, -0.25) is 10.1 Å². The summed E-state index contributed by atoms with van der Waals surface area (Å²) in [5.74, 6) is 0.384. The molecule has 0 aliphatic heterocycles. The average molecular weight is 293 g/mol. The summed E-state index contributed by atoms with van der Waals surface area (Å²) in [6, 6.07) is 4.52. The van der Waals surface area contributed by atoms with E-state index < -0.39 is 4.92 Å². The number of aromatic nitrogens is 2. The van der Waals surface area contributed by atoms with Gasteiger partial charge >= 0.3 is 0 Å². The lowest BCUT2D eigenvalue weighted by molar-refractivity contribution is -0.383. The van der Waals surface area contributed by atoms with Crippen LogP contribution in [0, 0.1) is 17.0 Å². The molecule has 1 aromatic carbocycles. The molecule has 1 heterocycles. The molecule has 0 unspecified atom stereocenters. The van der Waals surface area contributed by atoms with Crippen LogP contribution >= 0.6 is 0 Å². The molecular weight excluding hydrogens is 278 g/mol. The van der Waals surface area contributed by atoms with Crippen molar-refractivity contribution in [1.82, 2.24) is 10.3 Å². The number of aryl methyl sites for hydroxylation is 1. The molecule has 0 aliphatic rings. The summed E-state index contributed by atoms with van der Waals surface area (Å²) >= 11 is 0. The minimum Gasteiger partial charge on any atom is -0.474 e. The van der Waals surface area contributed by atoms with Crippen LogP contribution in [0.4, 0.5) is 17.1 Å². The Hall–Kier alpha value is -2.84. The minimum absolute atomic E-state index is 0.0992. The highest BCUT2D eigenvalue weighted by atomic mass is 16.6. The van der Waals surface area contributed by atoms with Gasteiger partial charge in [-0.2, -0.15) is 0 Å². The summed E-state index contributed by atoms with van der Waals surface area (Å²) in [6.07, 6.45) is 0.712. The fourth-order valence-electron chi connectivity index (χ4n) is 1.66. The normalized spacial score (nSPS) is 10.3. The fraction of sp³-hybridized carbons (Fsp3) is 0.333. The second kappa shape index (κ2) is 6.55. The number of benzene rings is 1. The second-order valence-electron chi connectivity index (χ2n) is 4.31. The molecular formula is C12H15N5O4. The molecule has 2 aromatic rings. The molecule has 0 aliphatic carbocycles.